The maximum atomic E-state index is 12.2. The summed E-state index contributed by atoms with van der Waals surface area (Å²) < 4.78 is 23.7. The van der Waals surface area contributed by atoms with Crippen LogP contribution in [0.1, 0.15) is 36.2 Å². The number of aromatic nitrogens is 2. The van der Waals surface area contributed by atoms with Gasteiger partial charge in [0, 0.05) is 46.4 Å². The van der Waals surface area contributed by atoms with Gasteiger partial charge in [0.25, 0.3) is 0 Å². The normalized spacial score (nSPS) is 14.1. The lowest BCUT2D eigenvalue weighted by Gasteiger charge is -2.14. The van der Waals surface area contributed by atoms with Gasteiger partial charge in [0.15, 0.2) is 9.84 Å². The summed E-state index contributed by atoms with van der Waals surface area (Å²) in [5.74, 6) is 6.89. The van der Waals surface area contributed by atoms with Crippen molar-refractivity contribution >= 4 is 43.7 Å². The lowest BCUT2D eigenvalue weighted by Crippen LogP contribution is -2.26. The van der Waals surface area contributed by atoms with Gasteiger partial charge in [-0.25, -0.2) is 18.4 Å². The van der Waals surface area contributed by atoms with Crippen molar-refractivity contribution in [2.24, 2.45) is 0 Å². The Morgan fingerprint density at radius 1 is 1.00 bits per heavy atom. The fourth-order valence-corrected chi connectivity index (χ4v) is 4.89. The minimum atomic E-state index is -3.28. The van der Waals surface area contributed by atoms with Gasteiger partial charge in [0.2, 0.25) is 5.91 Å². The van der Waals surface area contributed by atoms with Crippen LogP contribution in [0.5, 0.6) is 0 Å². The molecule has 2 aromatic heterocycles. The summed E-state index contributed by atoms with van der Waals surface area (Å²) in [5, 5.41) is 7.92. The van der Waals surface area contributed by atoms with Crippen LogP contribution < -0.4 is 10.6 Å². The Morgan fingerprint density at radius 3 is 2.56 bits per heavy atom. The van der Waals surface area contributed by atoms with E-state index < -0.39 is 15.3 Å². The Morgan fingerprint density at radius 2 is 1.81 bits per heavy atom. The first kappa shape index (κ1) is 23.5. The van der Waals surface area contributed by atoms with Gasteiger partial charge in [0.05, 0.1) is 10.3 Å². The third kappa shape index (κ3) is 4.30. The van der Waals surface area contributed by atoms with Gasteiger partial charge in [-0.1, -0.05) is 12.0 Å². The zero-order chi connectivity index (χ0) is 25.7. The summed E-state index contributed by atoms with van der Waals surface area (Å²) in [5.41, 5.74) is 4.12. The van der Waals surface area contributed by atoms with E-state index in [2.05, 4.69) is 32.4 Å². The first-order valence-electron chi connectivity index (χ1n) is 11.3. The molecule has 0 bridgehead atoms. The summed E-state index contributed by atoms with van der Waals surface area (Å²) >= 11 is 0. The molecule has 7 nitrogen and oxygen atoms in total. The zero-order valence-corrected chi connectivity index (χ0v) is 21.1. The minimum Gasteiger partial charge on any atom is -0.340 e. The van der Waals surface area contributed by atoms with Gasteiger partial charge in [-0.3, -0.25) is 4.79 Å². The van der Waals surface area contributed by atoms with Crippen LogP contribution in [0.15, 0.2) is 65.8 Å². The van der Waals surface area contributed by atoms with Crippen molar-refractivity contribution < 1.29 is 13.2 Å². The molecule has 1 aliphatic rings. The molecule has 1 amide bonds. The highest BCUT2D eigenvalue weighted by Gasteiger charge is 2.38. The molecule has 180 valence electrons. The van der Waals surface area contributed by atoms with Crippen molar-refractivity contribution in [1.82, 2.24) is 9.97 Å². The number of carbonyl (C=O) groups excluding carboxylic acids is 1. The average Bonchev–Trinajstić information content (AvgIpc) is 3.05. The van der Waals surface area contributed by atoms with Gasteiger partial charge in [-0.15, -0.1) is 0 Å². The third-order valence-electron chi connectivity index (χ3n) is 6.37. The quantitative estimate of drug-likeness (QED) is 0.398. The van der Waals surface area contributed by atoms with E-state index in [-0.39, 0.29) is 10.8 Å². The molecule has 0 fully saturated rings. The smallest absolute Gasteiger partial charge is 0.234 e. The van der Waals surface area contributed by atoms with Crippen LogP contribution in [0.2, 0.25) is 0 Å². The Bertz CT molecular complexity index is 1730. The van der Waals surface area contributed by atoms with Crippen molar-refractivity contribution in [2.75, 3.05) is 16.9 Å². The molecule has 2 N–H and O–H groups in total. The monoisotopic (exact) mass is 496 g/mol. The molecule has 0 radical (unpaired) electrons. The second-order valence-corrected chi connectivity index (χ2v) is 11.4. The van der Waals surface area contributed by atoms with E-state index in [9.17, 15) is 13.2 Å². The number of nitrogens with zero attached hydrogens (tertiary/aromatic N) is 2. The first-order valence-corrected chi connectivity index (χ1v) is 13.2. The topological polar surface area (TPSA) is 101 Å². The molecule has 2 aromatic carbocycles. The SMILES string of the molecule is Cc1cc(S(C)(=O)=O)ccc1Nc1cc2c(C#Cc3ccc4c(c3)NC(=O)C4(C)C)nccc2cn1. The van der Waals surface area contributed by atoms with Gasteiger partial charge >= 0.3 is 0 Å². The fraction of sp³-hybridized carbons (Fsp3) is 0.179. The van der Waals surface area contributed by atoms with E-state index in [0.717, 1.165) is 38.8 Å². The second kappa shape index (κ2) is 8.47. The summed E-state index contributed by atoms with van der Waals surface area (Å²) in [6, 6.07) is 14.4. The van der Waals surface area contributed by atoms with E-state index in [0.29, 0.717) is 11.5 Å². The van der Waals surface area contributed by atoms with Crippen LogP contribution in [0, 0.1) is 18.8 Å². The molecule has 0 spiro atoms. The molecular formula is C28H24N4O3S. The van der Waals surface area contributed by atoms with Crippen LogP contribution >= 0.6 is 0 Å². The number of hydrogen-bond donors (Lipinski definition) is 2. The summed E-state index contributed by atoms with van der Waals surface area (Å²) in [6.45, 7) is 5.65. The largest absolute Gasteiger partial charge is 0.340 e. The van der Waals surface area contributed by atoms with Crippen LogP contribution in [0.25, 0.3) is 10.8 Å². The lowest BCUT2D eigenvalue weighted by atomic mass is 9.86. The molecule has 8 heteroatoms. The number of rotatable bonds is 3. The van der Waals surface area contributed by atoms with Crippen molar-refractivity contribution in [3.05, 3.63) is 83.3 Å². The Balaban J connectivity index is 1.47. The van der Waals surface area contributed by atoms with Crippen LogP contribution in [-0.4, -0.2) is 30.5 Å². The van der Waals surface area contributed by atoms with Gasteiger partial charge in [-0.2, -0.15) is 0 Å². The second-order valence-electron chi connectivity index (χ2n) is 9.41. The van der Waals surface area contributed by atoms with Crippen molar-refractivity contribution in [1.29, 1.82) is 0 Å². The molecule has 36 heavy (non-hydrogen) atoms. The number of amides is 1. The summed E-state index contributed by atoms with van der Waals surface area (Å²) in [6.07, 6.45) is 4.63. The number of fused-ring (bicyclic) bond motifs is 2. The Hall–Kier alpha value is -4.22. The maximum Gasteiger partial charge on any atom is 0.234 e. The molecule has 5 rings (SSSR count). The lowest BCUT2D eigenvalue weighted by molar-refractivity contribution is -0.119. The number of sulfone groups is 1. The van der Waals surface area contributed by atoms with Gasteiger partial charge < -0.3 is 10.6 Å². The number of hydrogen-bond acceptors (Lipinski definition) is 6. The molecule has 0 atom stereocenters. The highest BCUT2D eigenvalue weighted by Crippen LogP contribution is 2.37. The maximum absolute atomic E-state index is 12.2. The van der Waals surface area contributed by atoms with Crippen molar-refractivity contribution in [3.8, 4) is 11.8 Å². The fourth-order valence-electron chi connectivity index (χ4n) is 4.18. The predicted molar refractivity (Wildman–Crippen MR) is 141 cm³/mol. The van der Waals surface area contributed by atoms with E-state index in [1.54, 1.807) is 30.6 Å². The van der Waals surface area contributed by atoms with Crippen LogP contribution in [0.3, 0.4) is 0 Å². The average molecular weight is 497 g/mol. The van der Waals surface area contributed by atoms with E-state index >= 15 is 0 Å². The molecule has 0 unspecified atom stereocenters. The van der Waals surface area contributed by atoms with Crippen LogP contribution in [-0.2, 0) is 20.0 Å². The molecule has 1 aliphatic heterocycles. The molecule has 0 saturated heterocycles. The van der Waals surface area contributed by atoms with Gasteiger partial charge in [0.1, 0.15) is 11.5 Å². The Kier molecular flexibility index (Phi) is 5.53. The number of pyridine rings is 2. The standard InChI is InChI=1S/C28H24N4O3S/c1-17-13-20(36(4,34)35)7-10-23(17)31-26-15-21-19(16-30-26)11-12-29-24(21)9-6-18-5-8-22-25(14-18)32-27(33)28(22,2)3/h5,7-8,10-16H,1-4H3,(H,30,31)(H,32,33). The number of anilines is 3. The molecular weight excluding hydrogens is 472 g/mol. The predicted octanol–water partition coefficient (Wildman–Crippen LogP) is 4.71. The van der Waals surface area contributed by atoms with E-state index in [4.69, 9.17) is 0 Å². The third-order valence-corrected chi connectivity index (χ3v) is 7.48. The van der Waals surface area contributed by atoms with E-state index in [1.165, 1.54) is 6.26 Å². The summed E-state index contributed by atoms with van der Waals surface area (Å²) in [7, 11) is -3.28. The van der Waals surface area contributed by atoms with E-state index in [1.807, 2.05) is 51.1 Å². The summed E-state index contributed by atoms with van der Waals surface area (Å²) in [4.78, 5) is 21.5. The molecule has 4 aromatic rings. The van der Waals surface area contributed by atoms with Crippen molar-refractivity contribution in [3.63, 3.8) is 0 Å². The zero-order valence-electron chi connectivity index (χ0n) is 20.3. The minimum absolute atomic E-state index is 0.0212. The highest BCUT2D eigenvalue weighted by molar-refractivity contribution is 7.90. The van der Waals surface area contributed by atoms with Crippen molar-refractivity contribution in [2.45, 2.75) is 31.1 Å². The Labute approximate surface area is 209 Å². The number of nitrogens with one attached hydrogen (secondary N) is 2. The molecule has 0 aliphatic carbocycles. The number of aryl methyl sites for hydroxylation is 1. The highest BCUT2D eigenvalue weighted by atomic mass is 32.2. The van der Waals surface area contributed by atoms with Crippen LogP contribution in [0.4, 0.5) is 17.2 Å². The van der Waals surface area contributed by atoms with Gasteiger partial charge in [-0.05, 0) is 80.3 Å². The first-order chi connectivity index (χ1) is 17.0. The number of carbonyl (C=O) groups is 1. The molecule has 0 saturated carbocycles. The molecule has 3 heterocycles. The number of benzene rings is 2.